The maximum atomic E-state index is 5.54. The lowest BCUT2D eigenvalue weighted by molar-refractivity contribution is 0.865. The molecule has 12 heavy (non-hydrogen) atoms. The van der Waals surface area contributed by atoms with Crippen molar-refractivity contribution < 1.29 is 0 Å². The lowest BCUT2D eigenvalue weighted by atomic mass is 10.3. The number of hydrogen-bond acceptors (Lipinski definition) is 4. The van der Waals surface area contributed by atoms with Crippen LogP contribution in [-0.4, -0.2) is 16.0 Å². The number of aromatic nitrogens is 2. The summed E-state index contributed by atoms with van der Waals surface area (Å²) >= 11 is 1.72. The Kier molecular flexibility index (Phi) is 4.04. The highest BCUT2D eigenvalue weighted by atomic mass is 32.2. The van der Waals surface area contributed by atoms with E-state index in [9.17, 15) is 0 Å². The van der Waals surface area contributed by atoms with Crippen LogP contribution >= 0.6 is 11.8 Å². The molecule has 0 bridgehead atoms. The lowest BCUT2D eigenvalue weighted by Gasteiger charge is -2.02. The molecule has 4 heteroatoms. The Balaban J connectivity index is 2.68. The highest BCUT2D eigenvalue weighted by Crippen LogP contribution is 2.18. The first kappa shape index (κ1) is 9.48. The van der Waals surface area contributed by atoms with Crippen LogP contribution in [0.15, 0.2) is 17.3 Å². The van der Waals surface area contributed by atoms with E-state index in [0.29, 0.717) is 6.54 Å². The molecule has 0 aliphatic heterocycles. The zero-order valence-electron chi connectivity index (χ0n) is 7.16. The topological polar surface area (TPSA) is 51.8 Å². The van der Waals surface area contributed by atoms with Crippen molar-refractivity contribution >= 4 is 11.8 Å². The van der Waals surface area contributed by atoms with Gasteiger partial charge in [0.2, 0.25) is 0 Å². The maximum Gasteiger partial charge on any atom is 0.123 e. The van der Waals surface area contributed by atoms with Gasteiger partial charge in [-0.1, -0.05) is 6.92 Å². The molecule has 1 aromatic heterocycles. The highest BCUT2D eigenvalue weighted by Gasteiger charge is 2.01. The second-order valence-electron chi connectivity index (χ2n) is 2.41. The number of nitrogens with zero attached hydrogens (tertiary/aromatic N) is 2. The third-order valence-corrected chi connectivity index (χ3v) is 2.66. The molecule has 66 valence electrons. The third kappa shape index (κ3) is 2.46. The summed E-state index contributed by atoms with van der Waals surface area (Å²) in [6.07, 6.45) is 2.82. The lowest BCUT2D eigenvalue weighted by Crippen LogP contribution is -2.01. The van der Waals surface area contributed by atoms with Crippen LogP contribution < -0.4 is 5.73 Å². The van der Waals surface area contributed by atoms with E-state index < -0.39 is 0 Å². The van der Waals surface area contributed by atoms with Crippen molar-refractivity contribution in [3.8, 4) is 0 Å². The molecule has 0 saturated heterocycles. The summed E-state index contributed by atoms with van der Waals surface area (Å²) in [4.78, 5) is 0. The Bertz CT molecular complexity index is 239. The molecule has 0 amide bonds. The van der Waals surface area contributed by atoms with Gasteiger partial charge in [0.15, 0.2) is 0 Å². The first-order valence-electron chi connectivity index (χ1n) is 4.02. The number of nitrogens with two attached hydrogens (primary N) is 1. The van der Waals surface area contributed by atoms with Gasteiger partial charge in [0.1, 0.15) is 5.03 Å². The van der Waals surface area contributed by atoms with Crippen molar-refractivity contribution in [3.05, 3.63) is 17.8 Å². The van der Waals surface area contributed by atoms with Gasteiger partial charge in [-0.15, -0.1) is 16.9 Å². The number of thioether (sulfide) groups is 1. The van der Waals surface area contributed by atoms with Crippen molar-refractivity contribution in [1.29, 1.82) is 0 Å². The summed E-state index contributed by atoms with van der Waals surface area (Å²) in [5.74, 6) is 1.08. The summed E-state index contributed by atoms with van der Waals surface area (Å²) in [6.45, 7) is 2.69. The van der Waals surface area contributed by atoms with Gasteiger partial charge in [-0.05, 0) is 18.2 Å². The molecule has 1 aromatic rings. The average molecular weight is 183 g/mol. The van der Waals surface area contributed by atoms with Gasteiger partial charge >= 0.3 is 0 Å². The fourth-order valence-electron chi connectivity index (χ4n) is 0.820. The molecule has 2 N–H and O–H groups in total. The molecule has 0 saturated carbocycles. The van der Waals surface area contributed by atoms with Gasteiger partial charge in [0, 0.05) is 18.3 Å². The van der Waals surface area contributed by atoms with Gasteiger partial charge in [-0.25, -0.2) is 0 Å². The average Bonchev–Trinajstić information content (AvgIpc) is 2.15. The quantitative estimate of drug-likeness (QED) is 0.718. The molecule has 3 nitrogen and oxygen atoms in total. The van der Waals surface area contributed by atoms with Crippen LogP contribution in [-0.2, 0) is 6.54 Å². The summed E-state index contributed by atoms with van der Waals surface area (Å²) < 4.78 is 0. The van der Waals surface area contributed by atoms with Crippen molar-refractivity contribution in [1.82, 2.24) is 10.2 Å². The zero-order chi connectivity index (χ0) is 8.81. The van der Waals surface area contributed by atoms with Gasteiger partial charge in [-0.3, -0.25) is 0 Å². The minimum atomic E-state index is 0.543. The van der Waals surface area contributed by atoms with Gasteiger partial charge in [0.05, 0.1) is 0 Å². The molecule has 1 heterocycles. The second kappa shape index (κ2) is 5.11. The molecule has 0 aliphatic carbocycles. The summed E-state index contributed by atoms with van der Waals surface area (Å²) in [7, 11) is 0. The van der Waals surface area contributed by atoms with Crippen LogP contribution in [0.1, 0.15) is 18.9 Å². The van der Waals surface area contributed by atoms with Gasteiger partial charge in [-0.2, -0.15) is 5.10 Å². The predicted octanol–water partition coefficient (Wildman–Crippen LogP) is 1.44. The van der Waals surface area contributed by atoms with Crippen molar-refractivity contribution in [2.24, 2.45) is 5.73 Å². The standard InChI is InChI=1S/C8H13N3S/c1-2-5-12-8-7(6-9)3-4-10-11-8/h3-4H,2,5-6,9H2,1H3. The summed E-state index contributed by atoms with van der Waals surface area (Å²) in [6, 6.07) is 1.92. The van der Waals surface area contributed by atoms with E-state index in [1.807, 2.05) is 6.07 Å². The molecule has 0 aliphatic rings. The first-order valence-corrected chi connectivity index (χ1v) is 5.00. The molecule has 0 fully saturated rings. The number of hydrogen-bond donors (Lipinski definition) is 1. The van der Waals surface area contributed by atoms with E-state index >= 15 is 0 Å². The minimum Gasteiger partial charge on any atom is -0.326 e. The molecule has 0 aromatic carbocycles. The molecular formula is C8H13N3S. The minimum absolute atomic E-state index is 0.543. The Hall–Kier alpha value is -0.610. The molecule has 0 unspecified atom stereocenters. The van der Waals surface area contributed by atoms with E-state index in [2.05, 4.69) is 17.1 Å². The van der Waals surface area contributed by atoms with E-state index in [-0.39, 0.29) is 0 Å². The van der Waals surface area contributed by atoms with Crippen LogP contribution in [0.5, 0.6) is 0 Å². The van der Waals surface area contributed by atoms with E-state index in [4.69, 9.17) is 5.73 Å². The predicted molar refractivity (Wildman–Crippen MR) is 50.9 cm³/mol. The first-order chi connectivity index (χ1) is 5.88. The molecule has 0 atom stereocenters. The smallest absolute Gasteiger partial charge is 0.123 e. The third-order valence-electron chi connectivity index (χ3n) is 1.43. The molecule has 0 radical (unpaired) electrons. The van der Waals surface area contributed by atoms with Crippen LogP contribution in [0.3, 0.4) is 0 Å². The normalized spacial score (nSPS) is 10.2. The fourth-order valence-corrected chi connectivity index (χ4v) is 1.66. The van der Waals surface area contributed by atoms with Gasteiger partial charge in [0.25, 0.3) is 0 Å². The summed E-state index contributed by atoms with van der Waals surface area (Å²) in [5, 5.41) is 8.81. The van der Waals surface area contributed by atoms with Crippen LogP contribution in [0.25, 0.3) is 0 Å². The van der Waals surface area contributed by atoms with Gasteiger partial charge < -0.3 is 5.73 Å². The zero-order valence-corrected chi connectivity index (χ0v) is 7.97. The second-order valence-corrected chi connectivity index (χ2v) is 3.50. The Labute approximate surface area is 76.8 Å². The van der Waals surface area contributed by atoms with Crippen LogP contribution in [0.2, 0.25) is 0 Å². The van der Waals surface area contributed by atoms with Crippen LogP contribution in [0, 0.1) is 0 Å². The molecule has 0 spiro atoms. The van der Waals surface area contributed by atoms with Crippen molar-refractivity contribution in [3.63, 3.8) is 0 Å². The van der Waals surface area contributed by atoms with Crippen LogP contribution in [0.4, 0.5) is 0 Å². The van der Waals surface area contributed by atoms with E-state index in [0.717, 1.165) is 22.8 Å². The Morgan fingerprint density at radius 1 is 1.58 bits per heavy atom. The molecular weight excluding hydrogens is 170 g/mol. The van der Waals surface area contributed by atoms with E-state index in [1.54, 1.807) is 18.0 Å². The summed E-state index contributed by atoms with van der Waals surface area (Å²) in [5.41, 5.74) is 6.63. The maximum absolute atomic E-state index is 5.54. The number of rotatable bonds is 4. The SMILES string of the molecule is CCCSc1nnccc1CN. The van der Waals surface area contributed by atoms with Crippen molar-refractivity contribution in [2.45, 2.75) is 24.9 Å². The fraction of sp³-hybridized carbons (Fsp3) is 0.500. The molecule has 1 rings (SSSR count). The highest BCUT2D eigenvalue weighted by molar-refractivity contribution is 7.99. The Morgan fingerprint density at radius 3 is 3.08 bits per heavy atom. The Morgan fingerprint density at radius 2 is 2.42 bits per heavy atom. The largest absolute Gasteiger partial charge is 0.326 e. The monoisotopic (exact) mass is 183 g/mol. The van der Waals surface area contributed by atoms with Crippen molar-refractivity contribution in [2.75, 3.05) is 5.75 Å². The van der Waals surface area contributed by atoms with E-state index in [1.165, 1.54) is 0 Å².